The number of aliphatic hydroxyl groups is 1. The highest BCUT2D eigenvalue weighted by Crippen LogP contribution is 2.23. The van der Waals surface area contributed by atoms with Gasteiger partial charge in [0, 0.05) is 32.2 Å². The van der Waals surface area contributed by atoms with Crippen molar-refractivity contribution in [3.8, 4) is 0 Å². The predicted molar refractivity (Wildman–Crippen MR) is 82.3 cm³/mol. The lowest BCUT2D eigenvalue weighted by atomic mass is 10.0. The summed E-state index contributed by atoms with van der Waals surface area (Å²) in [4.78, 5) is 16.2. The smallest absolute Gasteiger partial charge is 0.410 e. The Labute approximate surface area is 128 Å². The maximum Gasteiger partial charge on any atom is 0.410 e. The van der Waals surface area contributed by atoms with E-state index in [0.717, 1.165) is 32.4 Å². The second kappa shape index (κ2) is 6.97. The molecule has 2 aliphatic rings. The van der Waals surface area contributed by atoms with E-state index in [4.69, 9.17) is 4.74 Å². The molecular formula is C16H30N2O3. The number of hydrogen-bond acceptors (Lipinski definition) is 4. The maximum atomic E-state index is 12.1. The van der Waals surface area contributed by atoms with Crippen LogP contribution in [0.5, 0.6) is 0 Å². The zero-order valence-corrected chi connectivity index (χ0v) is 13.7. The highest BCUT2D eigenvalue weighted by molar-refractivity contribution is 5.68. The molecule has 2 rings (SSSR count). The van der Waals surface area contributed by atoms with Crippen LogP contribution < -0.4 is 0 Å². The molecule has 0 radical (unpaired) electrons. The number of ether oxygens (including phenoxy) is 1. The van der Waals surface area contributed by atoms with Crippen molar-refractivity contribution in [3.63, 3.8) is 0 Å². The summed E-state index contributed by atoms with van der Waals surface area (Å²) in [6.07, 6.45) is 5.13. The number of carbonyl (C=O) groups excluding carboxylic acids is 1. The van der Waals surface area contributed by atoms with Gasteiger partial charge >= 0.3 is 6.09 Å². The van der Waals surface area contributed by atoms with Crippen LogP contribution in [0, 0.1) is 0 Å². The number of piperazine rings is 1. The highest BCUT2D eigenvalue weighted by Gasteiger charge is 2.32. The molecule has 2 atom stereocenters. The standard InChI is InChI=1S/C16H30N2O3/c1-16(2,3)21-15(20)18-11-9-17(10-12-18)13-7-5-4-6-8-14(13)19/h13-14,19H,4-12H2,1-3H3/t13-,14-/m1/s1. The minimum atomic E-state index is -0.439. The Morgan fingerprint density at radius 2 is 1.67 bits per heavy atom. The number of nitrogens with zero attached hydrogens (tertiary/aromatic N) is 2. The van der Waals surface area contributed by atoms with Crippen LogP contribution in [0.4, 0.5) is 4.79 Å². The first-order valence-electron chi connectivity index (χ1n) is 8.27. The molecular weight excluding hydrogens is 268 g/mol. The Morgan fingerprint density at radius 3 is 2.29 bits per heavy atom. The van der Waals surface area contributed by atoms with Crippen molar-refractivity contribution in [3.05, 3.63) is 0 Å². The third-order valence-corrected chi connectivity index (χ3v) is 4.38. The van der Waals surface area contributed by atoms with Crippen LogP contribution in [0.3, 0.4) is 0 Å². The molecule has 1 aliphatic heterocycles. The van der Waals surface area contributed by atoms with E-state index >= 15 is 0 Å². The van der Waals surface area contributed by atoms with Gasteiger partial charge in [0.1, 0.15) is 5.60 Å². The van der Waals surface area contributed by atoms with Crippen LogP contribution in [-0.4, -0.2) is 64.9 Å². The number of carbonyl (C=O) groups is 1. The monoisotopic (exact) mass is 298 g/mol. The molecule has 1 saturated carbocycles. The van der Waals surface area contributed by atoms with Crippen molar-refractivity contribution in [2.45, 2.75) is 70.6 Å². The van der Waals surface area contributed by atoms with Gasteiger partial charge in [-0.15, -0.1) is 0 Å². The third-order valence-electron chi connectivity index (χ3n) is 4.38. The van der Waals surface area contributed by atoms with Crippen LogP contribution in [0.25, 0.3) is 0 Å². The van der Waals surface area contributed by atoms with Gasteiger partial charge in [0.15, 0.2) is 0 Å². The summed E-state index contributed by atoms with van der Waals surface area (Å²) in [6.45, 7) is 8.73. The van der Waals surface area contributed by atoms with Crippen molar-refractivity contribution in [1.29, 1.82) is 0 Å². The van der Waals surface area contributed by atoms with Gasteiger partial charge in [-0.05, 0) is 33.6 Å². The van der Waals surface area contributed by atoms with Crippen LogP contribution in [0.15, 0.2) is 0 Å². The van der Waals surface area contributed by atoms with E-state index < -0.39 is 5.60 Å². The molecule has 1 amide bonds. The Kier molecular flexibility index (Phi) is 5.49. The van der Waals surface area contributed by atoms with E-state index in [1.165, 1.54) is 12.8 Å². The Hall–Kier alpha value is -0.810. The van der Waals surface area contributed by atoms with E-state index in [0.29, 0.717) is 13.1 Å². The van der Waals surface area contributed by atoms with Gasteiger partial charge in [-0.2, -0.15) is 0 Å². The molecule has 0 aromatic rings. The summed E-state index contributed by atoms with van der Waals surface area (Å²) in [5.74, 6) is 0. The van der Waals surface area contributed by atoms with Crippen LogP contribution in [-0.2, 0) is 4.74 Å². The number of aliphatic hydroxyl groups excluding tert-OH is 1. The second-order valence-corrected chi connectivity index (χ2v) is 7.28. The fourth-order valence-electron chi connectivity index (χ4n) is 3.26. The molecule has 0 unspecified atom stereocenters. The van der Waals surface area contributed by atoms with Crippen LogP contribution in [0.2, 0.25) is 0 Å². The largest absolute Gasteiger partial charge is 0.444 e. The molecule has 2 fully saturated rings. The summed E-state index contributed by atoms with van der Waals surface area (Å²) in [6, 6.07) is 0.272. The first-order chi connectivity index (χ1) is 9.87. The van der Waals surface area contributed by atoms with E-state index in [9.17, 15) is 9.90 Å². The Balaban J connectivity index is 1.83. The van der Waals surface area contributed by atoms with Gasteiger partial charge in [-0.25, -0.2) is 4.79 Å². The molecule has 1 saturated heterocycles. The van der Waals surface area contributed by atoms with E-state index in [1.54, 1.807) is 4.90 Å². The number of amides is 1. The van der Waals surface area contributed by atoms with Gasteiger partial charge in [0.2, 0.25) is 0 Å². The topological polar surface area (TPSA) is 53.0 Å². The van der Waals surface area contributed by atoms with Gasteiger partial charge in [0.25, 0.3) is 0 Å². The maximum absolute atomic E-state index is 12.1. The average molecular weight is 298 g/mol. The molecule has 0 aromatic heterocycles. The fourth-order valence-corrected chi connectivity index (χ4v) is 3.26. The Morgan fingerprint density at radius 1 is 1.05 bits per heavy atom. The quantitative estimate of drug-likeness (QED) is 0.754. The summed E-state index contributed by atoms with van der Waals surface area (Å²) >= 11 is 0. The minimum Gasteiger partial charge on any atom is -0.444 e. The summed E-state index contributed by atoms with van der Waals surface area (Å²) < 4.78 is 5.42. The van der Waals surface area contributed by atoms with Crippen molar-refractivity contribution < 1.29 is 14.6 Å². The molecule has 1 N–H and O–H groups in total. The first kappa shape index (κ1) is 16.6. The molecule has 122 valence electrons. The zero-order valence-electron chi connectivity index (χ0n) is 13.7. The normalized spacial score (nSPS) is 29.0. The van der Waals surface area contributed by atoms with Gasteiger partial charge in [0.05, 0.1) is 6.10 Å². The molecule has 1 aliphatic carbocycles. The molecule has 0 bridgehead atoms. The second-order valence-electron chi connectivity index (χ2n) is 7.28. The Bertz CT molecular complexity index is 346. The molecule has 21 heavy (non-hydrogen) atoms. The lowest BCUT2D eigenvalue weighted by Crippen LogP contribution is -2.55. The predicted octanol–water partition coefficient (Wildman–Crippen LogP) is 2.23. The lowest BCUT2D eigenvalue weighted by Gasteiger charge is -2.40. The zero-order chi connectivity index (χ0) is 15.5. The van der Waals surface area contributed by atoms with Crippen LogP contribution >= 0.6 is 0 Å². The van der Waals surface area contributed by atoms with E-state index in [2.05, 4.69) is 4.90 Å². The molecule has 0 spiro atoms. The van der Waals surface area contributed by atoms with Gasteiger partial charge < -0.3 is 14.7 Å². The summed E-state index contributed by atoms with van der Waals surface area (Å²) in [7, 11) is 0. The highest BCUT2D eigenvalue weighted by atomic mass is 16.6. The molecule has 5 heteroatoms. The molecule has 5 nitrogen and oxygen atoms in total. The summed E-state index contributed by atoms with van der Waals surface area (Å²) in [5.41, 5.74) is -0.439. The van der Waals surface area contributed by atoms with Crippen molar-refractivity contribution in [1.82, 2.24) is 9.80 Å². The number of hydrogen-bond donors (Lipinski definition) is 1. The van der Waals surface area contributed by atoms with Crippen molar-refractivity contribution in [2.24, 2.45) is 0 Å². The lowest BCUT2D eigenvalue weighted by molar-refractivity contribution is -0.00634. The van der Waals surface area contributed by atoms with E-state index in [1.807, 2.05) is 20.8 Å². The third kappa shape index (κ3) is 4.85. The number of rotatable bonds is 1. The van der Waals surface area contributed by atoms with Crippen molar-refractivity contribution in [2.75, 3.05) is 26.2 Å². The van der Waals surface area contributed by atoms with Crippen molar-refractivity contribution >= 4 is 6.09 Å². The van der Waals surface area contributed by atoms with Gasteiger partial charge in [-0.1, -0.05) is 19.3 Å². The van der Waals surface area contributed by atoms with Crippen LogP contribution in [0.1, 0.15) is 52.9 Å². The van der Waals surface area contributed by atoms with Gasteiger partial charge in [-0.3, -0.25) is 4.90 Å². The average Bonchev–Trinajstić information content (AvgIpc) is 2.62. The SMILES string of the molecule is CC(C)(C)OC(=O)N1CCN([C@@H]2CCCCC[C@H]2O)CC1. The minimum absolute atomic E-state index is 0.208. The molecule has 1 heterocycles. The van der Waals surface area contributed by atoms with E-state index in [-0.39, 0.29) is 18.2 Å². The fraction of sp³-hybridized carbons (Fsp3) is 0.938. The first-order valence-corrected chi connectivity index (χ1v) is 8.27. The molecule has 0 aromatic carbocycles. The summed E-state index contributed by atoms with van der Waals surface area (Å²) in [5, 5.41) is 10.3.